The number of ether oxygens (including phenoxy) is 2. The van der Waals surface area contributed by atoms with E-state index >= 15 is 0 Å². The molecule has 2 rings (SSSR count). The van der Waals surface area contributed by atoms with E-state index in [0.717, 1.165) is 15.9 Å². The number of rotatable bonds is 2. The first-order valence-electron chi connectivity index (χ1n) is 5.56. The van der Waals surface area contributed by atoms with Crippen molar-refractivity contribution in [3.05, 3.63) is 30.3 Å². The van der Waals surface area contributed by atoms with Crippen LogP contribution in [0.3, 0.4) is 0 Å². The van der Waals surface area contributed by atoms with E-state index in [9.17, 15) is 0 Å². The van der Waals surface area contributed by atoms with Gasteiger partial charge in [0.15, 0.2) is 0 Å². The van der Waals surface area contributed by atoms with Crippen molar-refractivity contribution in [2.45, 2.75) is 25.2 Å². The molecule has 0 aliphatic heterocycles. The maximum absolute atomic E-state index is 5.36. The van der Waals surface area contributed by atoms with E-state index in [1.165, 1.54) is 19.3 Å². The largest absolute Gasteiger partial charge is 0.399 e. The quantitative estimate of drug-likeness (QED) is 0.483. The van der Waals surface area contributed by atoms with Crippen LogP contribution in [-0.2, 0) is 9.47 Å². The van der Waals surface area contributed by atoms with Gasteiger partial charge in [-0.25, -0.2) is 0 Å². The first-order valence-corrected chi connectivity index (χ1v) is 6.72. The van der Waals surface area contributed by atoms with Gasteiger partial charge in [-0.15, -0.1) is 0 Å². The highest BCUT2D eigenvalue weighted by Gasteiger charge is 1.95. The minimum atomic E-state index is 0.0741. The first-order chi connectivity index (χ1) is 7.70. The summed E-state index contributed by atoms with van der Waals surface area (Å²) in [6, 6.07) is 9.49. The Labute approximate surface area is 101 Å². The third-order valence-electron chi connectivity index (χ3n) is 1.82. The lowest BCUT2D eigenvalue weighted by molar-refractivity contribution is -0.0411. The number of nitrogens with two attached hydrogens (primary N) is 1. The van der Waals surface area contributed by atoms with Crippen LogP contribution in [0.1, 0.15) is 19.3 Å². The highest BCUT2D eigenvalue weighted by atomic mass is 28.1. The monoisotopic (exact) mass is 241 g/mol. The molecule has 1 aliphatic rings. The molecule has 0 aromatic heterocycles. The highest BCUT2D eigenvalue weighted by molar-refractivity contribution is 6.09. The Hall–Kier alpha value is -0.843. The molecule has 1 fully saturated rings. The molecule has 1 aromatic carbocycles. The molecule has 1 saturated carbocycles. The van der Waals surface area contributed by atoms with Gasteiger partial charge in [0.1, 0.15) is 5.91 Å². The average molecular weight is 241 g/mol. The molecule has 3 nitrogen and oxygen atoms in total. The Bertz CT molecular complexity index is 235. The van der Waals surface area contributed by atoms with Gasteiger partial charge in [0.05, 0.1) is 10.2 Å². The van der Waals surface area contributed by atoms with Gasteiger partial charge in [0, 0.05) is 19.9 Å². The second kappa shape index (κ2) is 10.7. The summed E-state index contributed by atoms with van der Waals surface area (Å²) in [6.45, 7) is 0. The lowest BCUT2D eigenvalue weighted by Gasteiger charge is -2.03. The fourth-order valence-electron chi connectivity index (χ4n) is 0.549. The summed E-state index contributed by atoms with van der Waals surface area (Å²) in [7, 11) is 4.23. The molecule has 0 radical (unpaired) electrons. The molecule has 0 bridgehead atoms. The Morgan fingerprint density at radius 3 is 1.62 bits per heavy atom. The molecule has 0 amide bonds. The summed E-state index contributed by atoms with van der Waals surface area (Å²) in [5.41, 5.74) is 6.18. The highest BCUT2D eigenvalue weighted by Crippen LogP contribution is 2.14. The first kappa shape index (κ1) is 15.2. The van der Waals surface area contributed by atoms with Crippen molar-refractivity contribution in [3.63, 3.8) is 0 Å². The lowest BCUT2D eigenvalue weighted by Crippen LogP contribution is -2.11. The third-order valence-corrected chi connectivity index (χ3v) is 2.76. The van der Waals surface area contributed by atoms with Gasteiger partial charge >= 0.3 is 0 Å². The Morgan fingerprint density at radius 1 is 1.06 bits per heavy atom. The number of anilines is 1. The van der Waals surface area contributed by atoms with E-state index < -0.39 is 0 Å². The zero-order valence-corrected chi connectivity index (χ0v) is 12.5. The number of nitrogen functional groups attached to an aromatic ring is 1. The van der Waals surface area contributed by atoms with Crippen molar-refractivity contribution in [3.8, 4) is 0 Å². The van der Waals surface area contributed by atoms with Gasteiger partial charge in [0.25, 0.3) is 0 Å². The smallest absolute Gasteiger partial charge is 0.130 e. The van der Waals surface area contributed by atoms with E-state index in [1.54, 1.807) is 14.2 Å². The maximum atomic E-state index is 5.36. The fourth-order valence-corrected chi connectivity index (χ4v) is 0.549. The zero-order chi connectivity index (χ0) is 12.2. The van der Waals surface area contributed by atoms with Crippen molar-refractivity contribution >= 4 is 15.9 Å². The van der Waals surface area contributed by atoms with Crippen LogP contribution in [0.4, 0.5) is 5.69 Å². The molecule has 2 N–H and O–H groups in total. The van der Waals surface area contributed by atoms with Crippen LogP contribution in [0.25, 0.3) is 0 Å². The minimum absolute atomic E-state index is 0.0741. The number of para-hydroxylation sites is 1. The van der Waals surface area contributed by atoms with Crippen LogP contribution in [0.2, 0.25) is 0 Å². The molecule has 1 aliphatic carbocycles. The second-order valence-electron chi connectivity index (χ2n) is 3.51. The Morgan fingerprint density at radius 2 is 1.50 bits per heavy atom. The Balaban J connectivity index is 0.000000226. The molecule has 0 atom stereocenters. The van der Waals surface area contributed by atoms with E-state index in [1.807, 2.05) is 30.3 Å². The van der Waals surface area contributed by atoms with Crippen LogP contribution in [-0.4, -0.2) is 30.4 Å². The summed E-state index contributed by atoms with van der Waals surface area (Å²) in [5, 5.41) is 0. The molecule has 16 heavy (non-hydrogen) atoms. The van der Waals surface area contributed by atoms with Gasteiger partial charge in [-0.3, -0.25) is 0 Å². The SMILES string of the molecule is C1CC1.COC([SiH3])OC.Nc1ccccc1. The summed E-state index contributed by atoms with van der Waals surface area (Å²) >= 11 is 0. The molecule has 0 saturated heterocycles. The number of benzene rings is 1. The topological polar surface area (TPSA) is 44.5 Å². The molecule has 1 aromatic rings. The van der Waals surface area contributed by atoms with Gasteiger partial charge in [-0.1, -0.05) is 37.5 Å². The van der Waals surface area contributed by atoms with E-state index in [4.69, 9.17) is 15.2 Å². The predicted molar refractivity (Wildman–Crippen MR) is 72.5 cm³/mol. The van der Waals surface area contributed by atoms with Gasteiger partial charge in [-0.2, -0.15) is 0 Å². The number of methoxy groups -OCH3 is 2. The standard InChI is InChI=1S/C6H7N.C3H10O2Si.C3H6/c7-6-4-2-1-3-5-6;1-4-3(6)5-2;1-2-3-1/h1-5H,7H2;3H,1-2,6H3;1-3H2. The van der Waals surface area contributed by atoms with Gasteiger partial charge in [0.2, 0.25) is 0 Å². The van der Waals surface area contributed by atoms with E-state index in [2.05, 4.69) is 0 Å². The summed E-state index contributed by atoms with van der Waals surface area (Å²) in [5.74, 6) is 0.0741. The Kier molecular flexibility index (Phi) is 10.1. The number of hydrogen-bond acceptors (Lipinski definition) is 3. The van der Waals surface area contributed by atoms with E-state index in [-0.39, 0.29) is 5.91 Å². The zero-order valence-electron chi connectivity index (χ0n) is 10.5. The fraction of sp³-hybridized carbons (Fsp3) is 0.500. The van der Waals surface area contributed by atoms with Crippen molar-refractivity contribution in [2.24, 2.45) is 0 Å². The summed E-state index contributed by atoms with van der Waals surface area (Å²) in [4.78, 5) is 0. The molecule has 4 heteroatoms. The molecule has 0 heterocycles. The van der Waals surface area contributed by atoms with Crippen molar-refractivity contribution in [1.29, 1.82) is 0 Å². The second-order valence-corrected chi connectivity index (χ2v) is 4.45. The molecule has 0 unspecified atom stereocenters. The summed E-state index contributed by atoms with van der Waals surface area (Å²) in [6.07, 6.45) is 4.50. The third kappa shape index (κ3) is 13.2. The average Bonchev–Trinajstić information content (AvgIpc) is 3.17. The van der Waals surface area contributed by atoms with E-state index in [0.29, 0.717) is 0 Å². The molecular weight excluding hydrogens is 218 g/mol. The van der Waals surface area contributed by atoms with Crippen LogP contribution in [0, 0.1) is 0 Å². The van der Waals surface area contributed by atoms with Crippen LogP contribution < -0.4 is 5.73 Å². The maximum Gasteiger partial charge on any atom is 0.130 e. The van der Waals surface area contributed by atoms with Crippen LogP contribution >= 0.6 is 0 Å². The minimum Gasteiger partial charge on any atom is -0.399 e. The van der Waals surface area contributed by atoms with Crippen molar-refractivity contribution in [2.75, 3.05) is 20.0 Å². The van der Waals surface area contributed by atoms with Crippen molar-refractivity contribution in [1.82, 2.24) is 0 Å². The number of hydrogen-bond donors (Lipinski definition) is 1. The lowest BCUT2D eigenvalue weighted by atomic mass is 10.3. The molecule has 92 valence electrons. The van der Waals surface area contributed by atoms with Crippen LogP contribution in [0.15, 0.2) is 30.3 Å². The summed E-state index contributed by atoms with van der Waals surface area (Å²) < 4.78 is 9.48. The predicted octanol–water partition coefficient (Wildman–Crippen LogP) is 1.37. The molecule has 0 spiro atoms. The van der Waals surface area contributed by atoms with Crippen LogP contribution in [0.5, 0.6) is 0 Å². The van der Waals surface area contributed by atoms with Gasteiger partial charge in [-0.05, 0) is 12.1 Å². The molecular formula is C12H23NO2Si. The normalized spacial score (nSPS) is 12.2. The van der Waals surface area contributed by atoms with Crippen molar-refractivity contribution < 1.29 is 9.47 Å². The van der Waals surface area contributed by atoms with Gasteiger partial charge < -0.3 is 15.2 Å².